The molecule has 1 N–H and O–H groups in total. The zero-order valence-electron chi connectivity index (χ0n) is 40.2. The highest BCUT2D eigenvalue weighted by Gasteiger charge is 2.27. The predicted molar refractivity (Wildman–Crippen MR) is 252 cm³/mol. The molecule has 0 bridgehead atoms. The van der Waals surface area contributed by atoms with E-state index in [4.69, 9.17) is 13.8 Å². The summed E-state index contributed by atoms with van der Waals surface area (Å²) in [7, 11) is 1.18. The minimum absolute atomic E-state index is 0.0212. The number of likely N-dealkylation sites (N-methyl/N-ethyl adjacent to an activating group) is 1. The van der Waals surface area contributed by atoms with Gasteiger partial charge in [0.2, 0.25) is 5.91 Å². The Bertz CT molecular complexity index is 1090. The topological polar surface area (TPSA) is 114 Å². The molecule has 0 aliphatic carbocycles. The molecule has 0 saturated heterocycles. The zero-order chi connectivity index (χ0) is 44.4. The summed E-state index contributed by atoms with van der Waals surface area (Å²) in [4.78, 5) is 39.5. The number of ether oxygens (including phenoxy) is 1. The Morgan fingerprint density at radius 3 is 1.47 bits per heavy atom. The molecule has 0 aromatic carbocycles. The molecule has 0 aromatic heterocycles. The number of carbonyl (C=O) groups is 2. The summed E-state index contributed by atoms with van der Waals surface area (Å²) in [5.74, 6) is -0.549. The summed E-state index contributed by atoms with van der Waals surface area (Å²) in [6.45, 7) is 6.78. The van der Waals surface area contributed by atoms with Crippen LogP contribution in [0.3, 0.4) is 0 Å². The Balaban J connectivity index is 5.47. The van der Waals surface area contributed by atoms with Crippen LogP contribution in [0.25, 0.3) is 0 Å². The number of esters is 1. The second-order valence-corrected chi connectivity index (χ2v) is 19.7. The highest BCUT2D eigenvalue weighted by molar-refractivity contribution is 7.45. The van der Waals surface area contributed by atoms with Crippen LogP contribution in [0.5, 0.6) is 0 Å². The van der Waals surface area contributed by atoms with E-state index in [0.29, 0.717) is 17.4 Å². The van der Waals surface area contributed by atoms with Gasteiger partial charge in [-0.05, 0) is 51.0 Å². The normalized spacial score (nSPS) is 14.2. The third-order valence-electron chi connectivity index (χ3n) is 11.1. The van der Waals surface area contributed by atoms with Crippen LogP contribution in [-0.2, 0) is 27.9 Å². The van der Waals surface area contributed by atoms with Gasteiger partial charge in [0.15, 0.2) is 0 Å². The van der Waals surface area contributed by atoms with E-state index in [9.17, 15) is 19.0 Å². The summed E-state index contributed by atoms with van der Waals surface area (Å²) in [5, 5.41) is 3.00. The van der Waals surface area contributed by atoms with Gasteiger partial charge in [0.05, 0.1) is 33.8 Å². The Morgan fingerprint density at radius 2 is 0.983 bits per heavy atom. The Kier molecular flexibility index (Phi) is 40.5. The van der Waals surface area contributed by atoms with E-state index < -0.39 is 20.0 Å². The first kappa shape index (κ1) is 58.5. The van der Waals surface area contributed by atoms with E-state index >= 15 is 0 Å². The van der Waals surface area contributed by atoms with Gasteiger partial charge in [-0.15, -0.1) is 0 Å². The highest BCUT2D eigenvalue weighted by atomic mass is 31.2. The van der Waals surface area contributed by atoms with Crippen molar-refractivity contribution in [2.24, 2.45) is 0 Å². The third-order valence-corrected chi connectivity index (χ3v) is 12.1. The first-order valence-corrected chi connectivity index (χ1v) is 26.6. The van der Waals surface area contributed by atoms with Gasteiger partial charge < -0.3 is 28.5 Å². The first-order chi connectivity index (χ1) is 28.9. The number of unbranched alkanes of at least 4 members (excludes halogenated alkanes) is 27. The average Bonchev–Trinajstić information content (AvgIpc) is 3.20. The van der Waals surface area contributed by atoms with Crippen molar-refractivity contribution < 1.29 is 37.3 Å². The molecule has 0 aliphatic heterocycles. The van der Waals surface area contributed by atoms with Crippen LogP contribution in [0.2, 0.25) is 0 Å². The van der Waals surface area contributed by atoms with Gasteiger partial charge in [0.25, 0.3) is 7.82 Å². The molecule has 9 nitrogen and oxygen atoms in total. The van der Waals surface area contributed by atoms with Gasteiger partial charge in [0.1, 0.15) is 19.3 Å². The molecule has 10 heteroatoms. The summed E-state index contributed by atoms with van der Waals surface area (Å²) < 4.78 is 30.0. The van der Waals surface area contributed by atoms with Gasteiger partial charge in [0, 0.05) is 12.8 Å². The number of nitrogens with zero attached hydrogens (tertiary/aromatic N) is 1. The van der Waals surface area contributed by atoms with Gasteiger partial charge >= 0.3 is 5.97 Å². The lowest BCUT2D eigenvalue weighted by Crippen LogP contribution is -2.47. The summed E-state index contributed by atoms with van der Waals surface area (Å²) in [6, 6.07) is -0.883. The minimum atomic E-state index is -4.68. The van der Waals surface area contributed by atoms with Crippen molar-refractivity contribution >= 4 is 19.7 Å². The number of allylic oxidation sites excluding steroid dienone is 3. The predicted octanol–water partition coefficient (Wildman–Crippen LogP) is 13.6. The van der Waals surface area contributed by atoms with E-state index in [1.165, 1.54) is 116 Å². The van der Waals surface area contributed by atoms with E-state index in [2.05, 4.69) is 38.2 Å². The van der Waals surface area contributed by atoms with E-state index in [0.717, 1.165) is 83.5 Å². The van der Waals surface area contributed by atoms with Gasteiger partial charge in [-0.25, -0.2) is 0 Å². The van der Waals surface area contributed by atoms with Crippen LogP contribution in [0.1, 0.15) is 233 Å². The van der Waals surface area contributed by atoms with Crippen LogP contribution in [0.4, 0.5) is 0 Å². The average molecular weight is 869 g/mol. The molecule has 0 aliphatic rings. The molecule has 0 rings (SSSR count). The molecular formula is C50H97N2O7P. The Labute approximate surface area is 371 Å². The highest BCUT2D eigenvalue weighted by Crippen LogP contribution is 2.38. The molecule has 0 spiro atoms. The molecule has 0 fully saturated rings. The number of carbonyl (C=O) groups excluding carboxylic acids is 2. The summed E-state index contributed by atoms with van der Waals surface area (Å²) in [6.07, 6.45) is 44.2. The van der Waals surface area contributed by atoms with Gasteiger partial charge in [-0.1, -0.05) is 193 Å². The minimum Gasteiger partial charge on any atom is -0.756 e. The summed E-state index contributed by atoms with van der Waals surface area (Å²) >= 11 is 0. The molecular weight excluding hydrogens is 772 g/mol. The fourth-order valence-corrected chi connectivity index (χ4v) is 7.87. The number of hydrogen-bond acceptors (Lipinski definition) is 7. The number of phosphoric ester groups is 1. The second-order valence-electron chi connectivity index (χ2n) is 18.3. The van der Waals surface area contributed by atoms with Crippen LogP contribution >= 0.6 is 7.82 Å². The van der Waals surface area contributed by atoms with Crippen molar-refractivity contribution in [3.8, 4) is 0 Å². The number of rotatable bonds is 45. The van der Waals surface area contributed by atoms with Crippen molar-refractivity contribution in [2.75, 3.05) is 40.9 Å². The third kappa shape index (κ3) is 41.8. The van der Waals surface area contributed by atoms with Crippen molar-refractivity contribution in [1.29, 1.82) is 0 Å². The van der Waals surface area contributed by atoms with Crippen molar-refractivity contribution in [3.05, 3.63) is 24.3 Å². The molecule has 3 unspecified atom stereocenters. The maximum absolute atomic E-state index is 13.3. The lowest BCUT2D eigenvalue weighted by atomic mass is 10.0. The first-order valence-electron chi connectivity index (χ1n) is 25.1. The van der Waals surface area contributed by atoms with Crippen LogP contribution in [-0.4, -0.2) is 69.4 Å². The van der Waals surface area contributed by atoms with E-state index in [-0.39, 0.29) is 31.5 Å². The van der Waals surface area contributed by atoms with Crippen LogP contribution in [0.15, 0.2) is 24.3 Å². The smallest absolute Gasteiger partial charge is 0.306 e. The number of amides is 1. The SMILES string of the molecule is CCCC/C=C\CCCCCCCC(=O)NC(COP(=O)([O-])OCC[N+](C)(C)C)C(/C=C/CCCCCCCCCCCC)OC(=O)CCCCCCCCCCCCC. The van der Waals surface area contributed by atoms with Crippen molar-refractivity contribution in [3.63, 3.8) is 0 Å². The van der Waals surface area contributed by atoms with Crippen LogP contribution < -0.4 is 10.2 Å². The molecule has 60 heavy (non-hydrogen) atoms. The molecule has 0 heterocycles. The van der Waals surface area contributed by atoms with Gasteiger partial charge in [-0.3, -0.25) is 14.2 Å². The molecule has 0 aromatic rings. The van der Waals surface area contributed by atoms with E-state index in [1.807, 2.05) is 33.3 Å². The number of quaternary nitrogens is 1. The monoisotopic (exact) mass is 869 g/mol. The van der Waals surface area contributed by atoms with Crippen LogP contribution in [0, 0.1) is 0 Å². The van der Waals surface area contributed by atoms with E-state index in [1.54, 1.807) is 0 Å². The van der Waals surface area contributed by atoms with Crippen molar-refractivity contribution in [1.82, 2.24) is 5.32 Å². The lowest BCUT2D eigenvalue weighted by Gasteiger charge is -2.30. The lowest BCUT2D eigenvalue weighted by molar-refractivity contribution is -0.870. The molecule has 1 amide bonds. The fraction of sp³-hybridized carbons (Fsp3) is 0.880. The zero-order valence-corrected chi connectivity index (χ0v) is 41.1. The number of hydrogen-bond donors (Lipinski definition) is 1. The Hall–Kier alpha value is -1.51. The van der Waals surface area contributed by atoms with Crippen molar-refractivity contribution in [2.45, 2.75) is 245 Å². The maximum atomic E-state index is 13.3. The fourth-order valence-electron chi connectivity index (χ4n) is 7.15. The molecule has 354 valence electrons. The number of phosphoric acid groups is 1. The maximum Gasteiger partial charge on any atom is 0.306 e. The molecule has 3 atom stereocenters. The molecule has 0 saturated carbocycles. The standard InChI is InChI=1S/C50H97N2O7P/c1-7-10-13-16-19-22-25-28-29-32-35-38-41-48(59-50(54)43-40-37-34-31-27-24-21-18-15-12-9-3)47(46-58-60(55,56)57-45-44-52(4,5)6)51-49(53)42-39-36-33-30-26-23-20-17-14-11-8-2/h17,20,38,41,47-48H,7-16,18-19,21-37,39-40,42-46H2,1-6H3,(H-,51,53,55,56)/b20-17-,41-38+. The molecule has 0 radical (unpaired) electrons. The van der Waals surface area contributed by atoms with Gasteiger partial charge in [-0.2, -0.15) is 0 Å². The second kappa shape index (κ2) is 41.5. The largest absolute Gasteiger partial charge is 0.756 e. The number of nitrogens with one attached hydrogen (secondary N) is 1. The quantitative estimate of drug-likeness (QED) is 0.0213. The Morgan fingerprint density at radius 1 is 0.567 bits per heavy atom. The summed E-state index contributed by atoms with van der Waals surface area (Å²) in [5.41, 5.74) is 0.